The van der Waals surface area contributed by atoms with Crippen molar-refractivity contribution in [3.63, 3.8) is 0 Å². The molecule has 14 nitrogen and oxygen atoms in total. The van der Waals surface area contributed by atoms with Gasteiger partial charge in [0.25, 0.3) is 23.3 Å². The largest absolute Gasteiger partial charge is 0.480 e. The van der Waals surface area contributed by atoms with E-state index in [1.807, 2.05) is 13.8 Å². The summed E-state index contributed by atoms with van der Waals surface area (Å²) in [5.41, 5.74) is -0.969. The van der Waals surface area contributed by atoms with Gasteiger partial charge in [0.05, 0.1) is 13.0 Å². The molecule has 1 unspecified atom stereocenters. The minimum absolute atomic E-state index is 0.0426. The molecule has 256 valence electrons. The average Bonchev–Trinajstić information content (AvgIpc) is 3.02. The van der Waals surface area contributed by atoms with Crippen molar-refractivity contribution in [2.45, 2.75) is 83.1 Å². The van der Waals surface area contributed by atoms with Crippen LogP contribution in [0.1, 0.15) is 65.7 Å². The van der Waals surface area contributed by atoms with Gasteiger partial charge in [0.1, 0.15) is 16.7 Å². The fourth-order valence-electron chi connectivity index (χ4n) is 4.97. The maximum atomic E-state index is 12.8. The molecule has 2 spiro atoms. The molecule has 14 heteroatoms. The zero-order valence-corrected chi connectivity index (χ0v) is 26.7. The smallest absolute Gasteiger partial charge is 0.348 e. The molecule has 2 saturated heterocycles. The lowest BCUT2D eigenvalue weighted by molar-refractivity contribution is -0.291. The van der Waals surface area contributed by atoms with Gasteiger partial charge in [0, 0.05) is 39.0 Å². The maximum Gasteiger partial charge on any atom is 0.348 e. The Bertz CT molecular complexity index is 1520. The second kappa shape index (κ2) is 15.0. The van der Waals surface area contributed by atoms with E-state index < -0.39 is 64.7 Å². The molecule has 1 aliphatic carbocycles. The molecule has 0 bridgehead atoms. The molecule has 1 saturated carbocycles. The van der Waals surface area contributed by atoms with Gasteiger partial charge in [0.2, 0.25) is 0 Å². The molecule has 1 N–H and O–H groups in total. The van der Waals surface area contributed by atoms with Crippen LogP contribution in [0.5, 0.6) is 0 Å². The van der Waals surface area contributed by atoms with E-state index in [-0.39, 0.29) is 56.3 Å². The summed E-state index contributed by atoms with van der Waals surface area (Å²) in [5.74, 6) is -10.5. The van der Waals surface area contributed by atoms with Crippen LogP contribution < -0.4 is 0 Å². The van der Waals surface area contributed by atoms with Crippen LogP contribution >= 0.6 is 0 Å². The molecule has 1 atom stereocenters. The van der Waals surface area contributed by atoms with Gasteiger partial charge in [-0.15, -0.1) is 0 Å². The first kappa shape index (κ1) is 35.5. The number of rotatable bonds is 10. The number of carbonyl (C=O) groups excluding carboxylic acids is 6. The van der Waals surface area contributed by atoms with Crippen LogP contribution in [-0.4, -0.2) is 64.9 Å². The number of hydrogen-bond acceptors (Lipinski definition) is 14. The van der Waals surface area contributed by atoms with Crippen LogP contribution in [0.4, 0.5) is 0 Å². The number of cyclic esters (lactones) is 1. The van der Waals surface area contributed by atoms with Crippen LogP contribution in [0.15, 0.2) is 83.4 Å². The second-order valence-corrected chi connectivity index (χ2v) is 11.3. The van der Waals surface area contributed by atoms with Crippen LogP contribution in [-0.2, 0) is 61.9 Å². The molecule has 4 aliphatic rings. The fraction of sp³-hybridized carbons (Fsp3) is 0.412. The number of allylic oxidation sites excluding steroid dienone is 9. The lowest BCUT2D eigenvalue weighted by Crippen LogP contribution is -2.56. The van der Waals surface area contributed by atoms with E-state index in [0.29, 0.717) is 6.42 Å². The number of carbonyl (C=O) groups is 6. The lowest BCUT2D eigenvalue weighted by atomic mass is 9.87. The highest BCUT2D eigenvalue weighted by atomic mass is 16.8. The van der Waals surface area contributed by atoms with Gasteiger partial charge in [-0.25, -0.2) is 24.0 Å². The normalized spacial score (nSPS) is 27.8. The van der Waals surface area contributed by atoms with Crippen molar-refractivity contribution >= 4 is 35.8 Å². The number of aliphatic hydroxyl groups excluding tert-OH is 1. The summed E-state index contributed by atoms with van der Waals surface area (Å²) < 4.78 is 37.5. The van der Waals surface area contributed by atoms with E-state index in [1.165, 1.54) is 43.4 Å². The van der Waals surface area contributed by atoms with E-state index in [4.69, 9.17) is 33.2 Å². The standard InChI is InChI=1S/C34H36O14/c1-4-6-7-9-12-23-28(38)45-33(46-29(23)39)17-19-34(20-18-33)47-30(40)24(31(41)48-34)14-11-8-10-13-22-26(36)43-32(3,44-27(22)37)16-15-25(35)42-21-5-2/h4,6-14,36H,5,15-21H2,1-3H3/b6-4+,9-7+,11-8?,13-10?,23-12?,24-14?. The van der Waals surface area contributed by atoms with Gasteiger partial charge < -0.3 is 38.3 Å². The molecule has 3 aliphatic heterocycles. The zero-order valence-electron chi connectivity index (χ0n) is 26.7. The summed E-state index contributed by atoms with van der Waals surface area (Å²) in [6.07, 6.45) is 14.4. The molecule has 3 fully saturated rings. The van der Waals surface area contributed by atoms with Gasteiger partial charge in [-0.3, -0.25) is 4.79 Å². The third-order valence-electron chi connectivity index (χ3n) is 7.52. The molecular formula is C34H36O14. The Hall–Kier alpha value is -5.40. The Kier molecular flexibility index (Phi) is 11.1. The summed E-state index contributed by atoms with van der Waals surface area (Å²) >= 11 is 0. The van der Waals surface area contributed by atoms with Crippen molar-refractivity contribution in [1.29, 1.82) is 0 Å². The minimum Gasteiger partial charge on any atom is -0.480 e. The first-order valence-electron chi connectivity index (χ1n) is 15.3. The Morgan fingerprint density at radius 2 is 1.23 bits per heavy atom. The Labute approximate surface area is 275 Å². The fourth-order valence-corrected chi connectivity index (χ4v) is 4.97. The SMILES string of the molecule is C/C=C/C=C/C=C1C(=O)OC2(CCC3(CC2)OC(=O)C(=CC=CC=CC2=C(O)OC(C)(CCC(=O)OCCC)OC2=O)C(=O)O3)OC1=O. The van der Waals surface area contributed by atoms with Gasteiger partial charge >= 0.3 is 35.8 Å². The van der Waals surface area contributed by atoms with Crippen LogP contribution in [0.2, 0.25) is 0 Å². The second-order valence-electron chi connectivity index (χ2n) is 11.3. The Balaban J connectivity index is 1.31. The molecule has 0 aromatic rings. The first-order chi connectivity index (χ1) is 22.8. The molecule has 48 heavy (non-hydrogen) atoms. The van der Waals surface area contributed by atoms with E-state index in [2.05, 4.69) is 0 Å². The summed E-state index contributed by atoms with van der Waals surface area (Å²) in [6, 6.07) is 0. The Morgan fingerprint density at radius 3 is 1.69 bits per heavy atom. The molecular weight excluding hydrogens is 632 g/mol. The molecule has 0 aromatic heterocycles. The van der Waals surface area contributed by atoms with Crippen molar-refractivity contribution in [3.8, 4) is 0 Å². The zero-order chi connectivity index (χ0) is 35.0. The lowest BCUT2D eigenvalue weighted by Gasteiger charge is -2.45. The van der Waals surface area contributed by atoms with Crippen molar-refractivity contribution < 1.29 is 67.0 Å². The average molecular weight is 669 g/mol. The van der Waals surface area contributed by atoms with Gasteiger partial charge in [-0.2, -0.15) is 0 Å². The summed E-state index contributed by atoms with van der Waals surface area (Å²) in [6.45, 7) is 5.33. The summed E-state index contributed by atoms with van der Waals surface area (Å²) in [5, 5.41) is 10.3. The predicted molar refractivity (Wildman–Crippen MR) is 162 cm³/mol. The monoisotopic (exact) mass is 668 g/mol. The van der Waals surface area contributed by atoms with Crippen molar-refractivity contribution in [1.82, 2.24) is 0 Å². The van der Waals surface area contributed by atoms with Gasteiger partial charge in [-0.05, 0) is 31.6 Å². The molecule has 3 heterocycles. The minimum atomic E-state index is -1.62. The van der Waals surface area contributed by atoms with Crippen LogP contribution in [0.3, 0.4) is 0 Å². The molecule has 0 radical (unpaired) electrons. The third-order valence-corrected chi connectivity index (χ3v) is 7.52. The summed E-state index contributed by atoms with van der Waals surface area (Å²) in [4.78, 5) is 74.8. The quantitative estimate of drug-likeness (QED) is 0.115. The van der Waals surface area contributed by atoms with Crippen molar-refractivity contribution in [2.75, 3.05) is 6.61 Å². The van der Waals surface area contributed by atoms with E-state index in [0.717, 1.165) is 6.08 Å². The van der Waals surface area contributed by atoms with E-state index >= 15 is 0 Å². The van der Waals surface area contributed by atoms with Crippen LogP contribution in [0.25, 0.3) is 0 Å². The number of ether oxygens (including phenoxy) is 7. The predicted octanol–water partition coefficient (Wildman–Crippen LogP) is 4.04. The topological polar surface area (TPSA) is 187 Å². The van der Waals surface area contributed by atoms with Crippen LogP contribution in [0, 0.1) is 0 Å². The maximum absolute atomic E-state index is 12.8. The third kappa shape index (κ3) is 8.49. The highest BCUT2D eigenvalue weighted by molar-refractivity contribution is 6.16. The first-order valence-corrected chi connectivity index (χ1v) is 15.3. The molecule has 4 rings (SSSR count). The van der Waals surface area contributed by atoms with Crippen molar-refractivity contribution in [2.24, 2.45) is 0 Å². The summed E-state index contributed by atoms with van der Waals surface area (Å²) in [7, 11) is 0. The van der Waals surface area contributed by atoms with E-state index in [9.17, 15) is 33.9 Å². The molecule has 0 amide bonds. The number of hydrogen-bond donors (Lipinski definition) is 1. The molecule has 0 aromatic carbocycles. The Morgan fingerprint density at radius 1 is 0.729 bits per heavy atom. The highest BCUT2D eigenvalue weighted by Crippen LogP contribution is 2.45. The number of esters is 6. The van der Waals surface area contributed by atoms with Gasteiger partial charge in [-0.1, -0.05) is 49.5 Å². The number of aliphatic hydroxyl groups is 1. The van der Waals surface area contributed by atoms with Crippen molar-refractivity contribution in [3.05, 3.63) is 83.4 Å². The van der Waals surface area contributed by atoms with Gasteiger partial charge in [0.15, 0.2) is 0 Å². The highest BCUT2D eigenvalue weighted by Gasteiger charge is 2.56. The van der Waals surface area contributed by atoms with E-state index in [1.54, 1.807) is 18.2 Å².